The van der Waals surface area contributed by atoms with Crippen LogP contribution >= 0.6 is 11.8 Å². The summed E-state index contributed by atoms with van der Waals surface area (Å²) in [5.74, 6) is 0.300. The Morgan fingerprint density at radius 3 is 2.43 bits per heavy atom. The number of hydrogen-bond acceptors (Lipinski definition) is 5. The summed E-state index contributed by atoms with van der Waals surface area (Å²) in [6.45, 7) is 1.76. The van der Waals surface area contributed by atoms with Gasteiger partial charge in [0.25, 0.3) is 0 Å². The predicted molar refractivity (Wildman–Crippen MR) is 119 cm³/mol. The molecule has 5 rings (SSSR count). The maximum Gasteiger partial charge on any atom is 0.310 e. The lowest BCUT2D eigenvalue weighted by Gasteiger charge is -2.17. The number of fused-ring (bicyclic) bond motifs is 3. The highest BCUT2D eigenvalue weighted by Gasteiger charge is 2.38. The summed E-state index contributed by atoms with van der Waals surface area (Å²) >= 11 is 1.66. The average Bonchev–Trinajstić information content (AvgIpc) is 2.94. The second-order valence-corrected chi connectivity index (χ2v) is 8.33. The van der Waals surface area contributed by atoms with Gasteiger partial charge in [0.1, 0.15) is 5.75 Å². The van der Waals surface area contributed by atoms with Crippen molar-refractivity contribution in [1.82, 2.24) is 0 Å². The molecule has 0 saturated heterocycles. The first kappa shape index (κ1) is 18.7. The molecular formula is C25H19NO3S. The van der Waals surface area contributed by atoms with Crippen LogP contribution in [-0.2, 0) is 4.79 Å². The van der Waals surface area contributed by atoms with E-state index in [2.05, 4.69) is 11.4 Å². The van der Waals surface area contributed by atoms with Gasteiger partial charge in [0.2, 0.25) is 0 Å². The first-order chi connectivity index (χ1) is 14.7. The van der Waals surface area contributed by atoms with Crippen molar-refractivity contribution in [2.75, 3.05) is 5.32 Å². The molecule has 0 amide bonds. The topological polar surface area (TPSA) is 55.4 Å². The summed E-state index contributed by atoms with van der Waals surface area (Å²) in [6.07, 6.45) is 0.325. The molecule has 0 saturated carbocycles. The van der Waals surface area contributed by atoms with Crippen molar-refractivity contribution >= 4 is 34.9 Å². The first-order valence-corrected chi connectivity index (χ1v) is 10.8. The Bertz CT molecular complexity index is 1200. The average molecular weight is 413 g/mol. The molecule has 5 heteroatoms. The van der Waals surface area contributed by atoms with Crippen molar-refractivity contribution in [3.05, 3.63) is 95.1 Å². The maximum atomic E-state index is 13.4. The number of carbonyl (C=O) groups is 2. The van der Waals surface area contributed by atoms with E-state index in [1.54, 1.807) is 30.8 Å². The van der Waals surface area contributed by atoms with Gasteiger partial charge in [-0.1, -0.05) is 55.5 Å². The van der Waals surface area contributed by atoms with Crippen molar-refractivity contribution < 1.29 is 14.3 Å². The van der Waals surface area contributed by atoms with Gasteiger partial charge in [-0.15, -0.1) is 11.8 Å². The van der Waals surface area contributed by atoms with Crippen LogP contribution in [0.2, 0.25) is 0 Å². The lowest BCUT2D eigenvalue weighted by Crippen LogP contribution is -2.08. The van der Waals surface area contributed by atoms with Gasteiger partial charge >= 0.3 is 5.97 Å². The molecule has 1 aliphatic heterocycles. The van der Waals surface area contributed by atoms with Crippen LogP contribution in [0.3, 0.4) is 0 Å². The van der Waals surface area contributed by atoms with Crippen LogP contribution in [0.4, 0.5) is 5.69 Å². The molecule has 1 atom stereocenters. The zero-order chi connectivity index (χ0) is 20.7. The summed E-state index contributed by atoms with van der Waals surface area (Å²) in [6, 6.07) is 23.3. The quantitative estimate of drug-likeness (QED) is 0.430. The summed E-state index contributed by atoms with van der Waals surface area (Å²) in [7, 11) is 0. The minimum Gasteiger partial charge on any atom is -0.427 e. The molecule has 3 aromatic carbocycles. The SMILES string of the molecule is CCC(=O)Oc1ccc(C2Sc3ccccc3NC3=C2C(=O)c2ccccc23)cc1. The zero-order valence-corrected chi connectivity index (χ0v) is 17.2. The van der Waals surface area contributed by atoms with E-state index in [9.17, 15) is 9.59 Å². The van der Waals surface area contributed by atoms with E-state index in [1.165, 1.54) is 0 Å². The zero-order valence-electron chi connectivity index (χ0n) is 16.3. The molecular weight excluding hydrogens is 394 g/mol. The van der Waals surface area contributed by atoms with E-state index in [-0.39, 0.29) is 17.0 Å². The lowest BCUT2D eigenvalue weighted by molar-refractivity contribution is -0.134. The highest BCUT2D eigenvalue weighted by Crippen LogP contribution is 2.52. The molecule has 1 unspecified atom stereocenters. The number of benzene rings is 3. The molecule has 0 fully saturated rings. The largest absolute Gasteiger partial charge is 0.427 e. The highest BCUT2D eigenvalue weighted by molar-refractivity contribution is 8.00. The standard InChI is InChI=1S/C25H19NO3S/c1-2-21(27)29-16-13-11-15(12-14-16)25-22-23(17-7-3-4-8-18(17)24(22)28)26-19-9-5-6-10-20(19)30-25/h3-14,25-26H,2H2,1H3. The van der Waals surface area contributed by atoms with Crippen LogP contribution in [-0.4, -0.2) is 11.8 Å². The molecule has 30 heavy (non-hydrogen) atoms. The molecule has 0 bridgehead atoms. The molecule has 0 spiro atoms. The molecule has 148 valence electrons. The van der Waals surface area contributed by atoms with Crippen LogP contribution in [0.1, 0.15) is 40.1 Å². The molecule has 1 N–H and O–H groups in total. The molecule has 3 aromatic rings. The van der Waals surface area contributed by atoms with E-state index in [4.69, 9.17) is 4.74 Å². The van der Waals surface area contributed by atoms with Crippen LogP contribution in [0.25, 0.3) is 5.70 Å². The van der Waals surface area contributed by atoms with Gasteiger partial charge in [-0.2, -0.15) is 0 Å². The number of ketones is 1. The smallest absolute Gasteiger partial charge is 0.310 e. The third-order valence-corrected chi connectivity index (χ3v) is 6.67. The van der Waals surface area contributed by atoms with Gasteiger partial charge in [-0.3, -0.25) is 9.59 Å². The molecule has 0 radical (unpaired) electrons. The fourth-order valence-corrected chi connectivity index (χ4v) is 5.12. The fraction of sp³-hybridized carbons (Fsp3) is 0.120. The number of thioether (sulfide) groups is 1. The predicted octanol–water partition coefficient (Wildman–Crippen LogP) is 5.87. The summed E-state index contributed by atoms with van der Waals surface area (Å²) in [5.41, 5.74) is 5.29. The molecule has 4 nitrogen and oxygen atoms in total. The van der Waals surface area contributed by atoms with Gasteiger partial charge in [-0.05, 0) is 29.8 Å². The van der Waals surface area contributed by atoms with Gasteiger partial charge in [0.15, 0.2) is 5.78 Å². The second-order valence-electron chi connectivity index (χ2n) is 7.18. The molecule has 1 aliphatic carbocycles. The number of nitrogens with one attached hydrogen (secondary N) is 1. The van der Waals surface area contributed by atoms with Gasteiger partial charge < -0.3 is 10.1 Å². The summed E-state index contributed by atoms with van der Waals surface area (Å²) in [5, 5.41) is 3.35. The Hall–Kier alpha value is -3.31. The molecule has 0 aromatic heterocycles. The van der Waals surface area contributed by atoms with Crippen LogP contribution in [0.15, 0.2) is 83.3 Å². The Morgan fingerprint density at radius 2 is 1.67 bits per heavy atom. The Labute approximate surface area is 179 Å². The van der Waals surface area contributed by atoms with Gasteiger partial charge in [0.05, 0.1) is 16.6 Å². The van der Waals surface area contributed by atoms with Crippen molar-refractivity contribution in [2.45, 2.75) is 23.5 Å². The van der Waals surface area contributed by atoms with Crippen LogP contribution in [0, 0.1) is 0 Å². The van der Waals surface area contributed by atoms with E-state index in [1.807, 2.05) is 54.6 Å². The number of para-hydroxylation sites is 1. The first-order valence-electron chi connectivity index (χ1n) is 9.87. The van der Waals surface area contributed by atoms with Gasteiger partial charge in [0, 0.05) is 28.0 Å². The number of rotatable bonds is 3. The van der Waals surface area contributed by atoms with Crippen molar-refractivity contribution in [1.29, 1.82) is 0 Å². The van der Waals surface area contributed by atoms with Crippen molar-refractivity contribution in [3.63, 3.8) is 0 Å². The lowest BCUT2D eigenvalue weighted by atomic mass is 10.0. The number of anilines is 1. The highest BCUT2D eigenvalue weighted by atomic mass is 32.2. The summed E-state index contributed by atoms with van der Waals surface area (Å²) in [4.78, 5) is 26.1. The number of esters is 1. The van der Waals surface area contributed by atoms with E-state index in [0.29, 0.717) is 12.2 Å². The Balaban J connectivity index is 1.61. The van der Waals surface area contributed by atoms with E-state index >= 15 is 0 Å². The van der Waals surface area contributed by atoms with Crippen molar-refractivity contribution in [2.24, 2.45) is 0 Å². The number of ether oxygens (including phenoxy) is 1. The molecule has 2 aliphatic rings. The second kappa shape index (κ2) is 7.50. The van der Waals surface area contributed by atoms with Crippen LogP contribution < -0.4 is 10.1 Å². The maximum absolute atomic E-state index is 13.4. The minimum absolute atomic E-state index is 0.0555. The molecule has 1 heterocycles. The number of Topliss-reactive ketones (excluding diaryl/α,β-unsaturated/α-hetero) is 1. The van der Waals surface area contributed by atoms with E-state index < -0.39 is 0 Å². The minimum atomic E-state index is -0.267. The Kier molecular flexibility index (Phi) is 4.68. The normalized spacial score (nSPS) is 16.8. The Morgan fingerprint density at radius 1 is 0.967 bits per heavy atom. The van der Waals surface area contributed by atoms with E-state index in [0.717, 1.165) is 38.5 Å². The number of carbonyl (C=O) groups excluding carboxylic acids is 2. The third kappa shape index (κ3) is 3.12. The summed E-state index contributed by atoms with van der Waals surface area (Å²) < 4.78 is 5.31. The van der Waals surface area contributed by atoms with Crippen molar-refractivity contribution in [3.8, 4) is 5.75 Å². The fourth-order valence-electron chi connectivity index (χ4n) is 3.83. The monoisotopic (exact) mass is 413 g/mol. The third-order valence-electron chi connectivity index (χ3n) is 5.31. The van der Waals surface area contributed by atoms with Crippen LogP contribution in [0.5, 0.6) is 5.75 Å². The van der Waals surface area contributed by atoms with Gasteiger partial charge in [-0.25, -0.2) is 0 Å². The number of hydrogen-bond donors (Lipinski definition) is 1.